The number of rotatable bonds is 5. The van der Waals surface area contributed by atoms with Gasteiger partial charge in [-0.05, 0) is 54.2 Å². The molecule has 0 aromatic heterocycles. The Balaban J connectivity index is 1.67. The van der Waals surface area contributed by atoms with Gasteiger partial charge in [-0.1, -0.05) is 12.1 Å². The molecule has 11 heteroatoms. The monoisotopic (exact) mass is 452 g/mol. The number of hydrogen-bond donors (Lipinski definition) is 2. The molecular formula is C19H20N2O7S2. The quantitative estimate of drug-likeness (QED) is 0.647. The lowest BCUT2D eigenvalue weighted by atomic mass is 9.99. The fourth-order valence-electron chi connectivity index (χ4n) is 3.80. The van der Waals surface area contributed by atoms with Gasteiger partial charge in [0, 0.05) is 12.0 Å². The number of aryl methyl sites for hydroxylation is 2. The van der Waals surface area contributed by atoms with Gasteiger partial charge in [-0.2, -0.15) is 16.8 Å². The van der Waals surface area contributed by atoms with Crippen LogP contribution < -0.4 is 13.2 Å². The smallest absolute Gasteiger partial charge is 0.326 e. The van der Waals surface area contributed by atoms with E-state index in [2.05, 4.69) is 0 Å². The van der Waals surface area contributed by atoms with Crippen LogP contribution in [-0.4, -0.2) is 40.6 Å². The Morgan fingerprint density at radius 3 is 2.47 bits per heavy atom. The van der Waals surface area contributed by atoms with E-state index in [-0.39, 0.29) is 23.6 Å². The van der Waals surface area contributed by atoms with E-state index in [9.17, 15) is 26.7 Å². The van der Waals surface area contributed by atoms with Gasteiger partial charge < -0.3 is 9.29 Å². The molecule has 30 heavy (non-hydrogen) atoms. The first kappa shape index (κ1) is 20.5. The maximum atomic E-state index is 12.0. The van der Waals surface area contributed by atoms with Crippen molar-refractivity contribution in [2.24, 2.45) is 0 Å². The fraction of sp³-hybridized carbons (Fsp3) is 0.316. The molecular weight excluding hydrogens is 432 g/mol. The second kappa shape index (κ2) is 7.17. The van der Waals surface area contributed by atoms with E-state index in [1.807, 2.05) is 10.8 Å². The van der Waals surface area contributed by atoms with Crippen molar-refractivity contribution >= 4 is 31.9 Å². The molecule has 1 amide bonds. The van der Waals surface area contributed by atoms with Crippen LogP contribution >= 0.6 is 0 Å². The highest BCUT2D eigenvalue weighted by Gasteiger charge is 2.35. The molecule has 1 saturated heterocycles. The van der Waals surface area contributed by atoms with Gasteiger partial charge in [0.05, 0.1) is 11.9 Å². The molecule has 0 radical (unpaired) electrons. The molecule has 160 valence electrons. The van der Waals surface area contributed by atoms with Crippen LogP contribution in [0, 0.1) is 0 Å². The van der Waals surface area contributed by atoms with Crippen molar-refractivity contribution in [3.8, 4) is 11.5 Å². The fourth-order valence-corrected chi connectivity index (χ4v) is 5.45. The van der Waals surface area contributed by atoms with E-state index >= 15 is 0 Å². The maximum Gasteiger partial charge on any atom is 0.326 e. The number of benzene rings is 2. The summed E-state index contributed by atoms with van der Waals surface area (Å²) in [5.74, 6) is -0.739. The molecule has 2 aliphatic rings. The normalized spacial score (nSPS) is 17.6. The highest BCUT2D eigenvalue weighted by atomic mass is 32.2. The van der Waals surface area contributed by atoms with Crippen LogP contribution in [0.15, 0.2) is 30.3 Å². The van der Waals surface area contributed by atoms with Crippen LogP contribution in [0.1, 0.15) is 28.7 Å². The number of nitrogens with one attached hydrogen (secondary N) is 1. The van der Waals surface area contributed by atoms with Gasteiger partial charge in [0.2, 0.25) is 0 Å². The molecule has 2 aromatic carbocycles. The average Bonchev–Trinajstić information content (AvgIpc) is 3.16. The molecule has 0 bridgehead atoms. The molecule has 0 atom stereocenters. The van der Waals surface area contributed by atoms with Crippen molar-refractivity contribution in [1.29, 1.82) is 0 Å². The lowest BCUT2D eigenvalue weighted by Gasteiger charge is -2.17. The largest absolute Gasteiger partial charge is 0.506 e. The highest BCUT2D eigenvalue weighted by Crippen LogP contribution is 2.35. The number of carbonyl (C=O) groups excluding carboxylic acids is 1. The lowest BCUT2D eigenvalue weighted by Crippen LogP contribution is -2.29. The number of anilines is 1. The summed E-state index contributed by atoms with van der Waals surface area (Å²) in [5.41, 5.74) is 3.47. The minimum atomic E-state index is -4.03. The summed E-state index contributed by atoms with van der Waals surface area (Å²) in [4.78, 5) is 11.4. The Morgan fingerprint density at radius 1 is 1.17 bits per heavy atom. The van der Waals surface area contributed by atoms with Crippen LogP contribution in [0.25, 0.3) is 0 Å². The van der Waals surface area contributed by atoms with Crippen molar-refractivity contribution < 1.29 is 30.9 Å². The molecule has 1 fully saturated rings. The molecule has 1 aliphatic heterocycles. The highest BCUT2D eigenvalue weighted by molar-refractivity contribution is 7.92. The Bertz CT molecular complexity index is 1250. The van der Waals surface area contributed by atoms with Crippen LogP contribution in [0.5, 0.6) is 11.5 Å². The maximum absolute atomic E-state index is 12.0. The molecule has 9 nitrogen and oxygen atoms in total. The minimum absolute atomic E-state index is 0.0151. The van der Waals surface area contributed by atoms with Gasteiger partial charge in [-0.3, -0.25) is 4.79 Å². The van der Waals surface area contributed by atoms with Crippen LogP contribution in [0.2, 0.25) is 0 Å². The average molecular weight is 453 g/mol. The number of hydrogen-bond acceptors (Lipinski definition) is 7. The first-order valence-electron chi connectivity index (χ1n) is 9.21. The summed E-state index contributed by atoms with van der Waals surface area (Å²) in [7, 11) is -7.75. The van der Waals surface area contributed by atoms with Crippen molar-refractivity contribution in [1.82, 2.24) is 4.72 Å². The van der Waals surface area contributed by atoms with Crippen molar-refractivity contribution in [3.63, 3.8) is 0 Å². The molecule has 1 aliphatic carbocycles. The van der Waals surface area contributed by atoms with E-state index < -0.39 is 32.8 Å². The number of phenolic OH excluding ortho intramolecular Hbond substituents is 1. The SMILES string of the molecule is CS(=O)(=O)Oc1cc2c(cc1Cc1ccc(N3CC(=O)NS3(=O)=O)c(O)c1)CCC2. The number of phenols is 1. The second-order valence-corrected chi connectivity index (χ2v) is 10.6. The van der Waals surface area contributed by atoms with Gasteiger partial charge in [0.1, 0.15) is 18.0 Å². The molecule has 0 saturated carbocycles. The minimum Gasteiger partial charge on any atom is -0.506 e. The first-order chi connectivity index (χ1) is 14.0. The van der Waals surface area contributed by atoms with Crippen molar-refractivity contribution in [3.05, 3.63) is 52.6 Å². The first-order valence-corrected chi connectivity index (χ1v) is 12.5. The topological polar surface area (TPSA) is 130 Å². The molecule has 4 rings (SSSR count). The Hall–Kier alpha value is -2.79. The third kappa shape index (κ3) is 4.08. The van der Waals surface area contributed by atoms with Crippen LogP contribution in [-0.2, 0) is 44.4 Å². The standard InChI is InChI=1S/C19H20N2O7S2/c1-29(24,25)28-18-10-14-4-2-3-13(14)9-15(18)7-12-5-6-16(17(22)8-12)21-11-19(23)20-30(21,26)27/h5-6,8-10,22H,2-4,7,11H2,1H3,(H,20,23). The third-order valence-electron chi connectivity index (χ3n) is 5.04. The Labute approximate surface area is 174 Å². The van der Waals surface area contributed by atoms with E-state index in [0.717, 1.165) is 41.0 Å². The van der Waals surface area contributed by atoms with Gasteiger partial charge >= 0.3 is 20.3 Å². The van der Waals surface area contributed by atoms with Gasteiger partial charge in [-0.25, -0.2) is 9.03 Å². The van der Waals surface area contributed by atoms with Gasteiger partial charge in [0.15, 0.2) is 0 Å². The van der Waals surface area contributed by atoms with Gasteiger partial charge in [0.25, 0.3) is 5.91 Å². The third-order valence-corrected chi connectivity index (χ3v) is 6.91. The van der Waals surface area contributed by atoms with E-state index in [0.29, 0.717) is 11.1 Å². The summed E-state index contributed by atoms with van der Waals surface area (Å²) < 4.78 is 55.2. The number of aromatic hydroxyl groups is 1. The van der Waals surface area contributed by atoms with E-state index in [4.69, 9.17) is 4.18 Å². The van der Waals surface area contributed by atoms with Crippen molar-refractivity contribution in [2.75, 3.05) is 17.1 Å². The van der Waals surface area contributed by atoms with E-state index in [1.165, 1.54) is 12.1 Å². The number of fused-ring (bicyclic) bond motifs is 1. The predicted molar refractivity (Wildman–Crippen MR) is 109 cm³/mol. The summed E-state index contributed by atoms with van der Waals surface area (Å²) in [6, 6.07) is 8.09. The molecule has 1 heterocycles. The number of carbonyl (C=O) groups is 1. The Morgan fingerprint density at radius 2 is 1.87 bits per heavy atom. The van der Waals surface area contributed by atoms with Crippen LogP contribution in [0.3, 0.4) is 0 Å². The van der Waals surface area contributed by atoms with Crippen molar-refractivity contribution in [2.45, 2.75) is 25.7 Å². The lowest BCUT2D eigenvalue weighted by molar-refractivity contribution is -0.117. The Kier molecular flexibility index (Phi) is 4.89. The molecule has 2 N–H and O–H groups in total. The zero-order valence-corrected chi connectivity index (χ0v) is 17.7. The summed E-state index contributed by atoms with van der Waals surface area (Å²) in [5, 5.41) is 10.4. The predicted octanol–water partition coefficient (Wildman–Crippen LogP) is 0.991. The number of nitrogens with zero attached hydrogens (tertiary/aromatic N) is 1. The van der Waals surface area contributed by atoms with Crippen LogP contribution in [0.4, 0.5) is 5.69 Å². The second-order valence-electron chi connectivity index (χ2n) is 7.41. The van der Waals surface area contributed by atoms with E-state index in [1.54, 1.807) is 12.1 Å². The summed E-state index contributed by atoms with van der Waals surface area (Å²) >= 11 is 0. The zero-order valence-electron chi connectivity index (χ0n) is 16.1. The zero-order chi connectivity index (χ0) is 21.7. The van der Waals surface area contributed by atoms with Gasteiger partial charge in [-0.15, -0.1) is 0 Å². The molecule has 0 spiro atoms. The molecule has 2 aromatic rings. The number of amides is 1. The molecule has 0 unspecified atom stereocenters. The summed E-state index contributed by atoms with van der Waals surface area (Å²) in [6.45, 7) is -0.410. The summed E-state index contributed by atoms with van der Waals surface area (Å²) in [6.07, 6.45) is 4.01.